The molecule has 1 aromatic rings. The second kappa shape index (κ2) is 7.20. The highest BCUT2D eigenvalue weighted by Gasteiger charge is 2.08. The first-order valence-electron chi connectivity index (χ1n) is 6.10. The molecule has 0 spiro atoms. The molecule has 0 aromatic carbocycles. The predicted octanol–water partition coefficient (Wildman–Crippen LogP) is 2.20. The minimum atomic E-state index is 0.506. The van der Waals surface area contributed by atoms with Crippen LogP contribution >= 0.6 is 0 Å². The summed E-state index contributed by atoms with van der Waals surface area (Å²) < 4.78 is 0. The van der Waals surface area contributed by atoms with E-state index in [4.69, 9.17) is 0 Å². The lowest BCUT2D eigenvalue weighted by Crippen LogP contribution is -2.30. The second-order valence-corrected chi connectivity index (χ2v) is 4.50. The molecule has 94 valence electrons. The van der Waals surface area contributed by atoms with Crippen LogP contribution in [0, 0.1) is 0 Å². The van der Waals surface area contributed by atoms with E-state index in [1.807, 2.05) is 19.3 Å². The van der Waals surface area contributed by atoms with E-state index in [0.29, 0.717) is 6.04 Å². The Bertz CT molecular complexity index is 330. The summed E-state index contributed by atoms with van der Waals surface area (Å²) in [6.45, 7) is 10.8. The minimum absolute atomic E-state index is 0.506. The Balaban J connectivity index is 2.63. The van der Waals surface area contributed by atoms with Gasteiger partial charge in [0.2, 0.25) is 0 Å². The lowest BCUT2D eigenvalue weighted by Gasteiger charge is -2.24. The van der Waals surface area contributed by atoms with Crippen molar-refractivity contribution >= 4 is 0 Å². The standard InChI is InChI=1S/C14H23N3/c1-5-8-17(12(2)3)11-14-7-6-13(9-15-4)10-16-14/h5-7,10,12,15H,1,8-9,11H2,2-4H3. The van der Waals surface area contributed by atoms with Gasteiger partial charge < -0.3 is 5.32 Å². The van der Waals surface area contributed by atoms with Crippen LogP contribution in [-0.4, -0.2) is 29.5 Å². The molecule has 3 nitrogen and oxygen atoms in total. The number of nitrogens with one attached hydrogen (secondary N) is 1. The quantitative estimate of drug-likeness (QED) is 0.732. The van der Waals surface area contributed by atoms with Crippen LogP contribution in [0.1, 0.15) is 25.1 Å². The molecule has 0 aliphatic rings. The lowest BCUT2D eigenvalue weighted by molar-refractivity contribution is 0.234. The average molecular weight is 233 g/mol. The molecule has 0 aliphatic heterocycles. The van der Waals surface area contributed by atoms with Crippen LogP contribution in [-0.2, 0) is 13.1 Å². The molecule has 1 rings (SSSR count). The largest absolute Gasteiger partial charge is 0.316 e. The number of nitrogens with zero attached hydrogens (tertiary/aromatic N) is 2. The molecule has 17 heavy (non-hydrogen) atoms. The van der Waals surface area contributed by atoms with Gasteiger partial charge in [-0.25, -0.2) is 0 Å². The van der Waals surface area contributed by atoms with Gasteiger partial charge in [-0.15, -0.1) is 6.58 Å². The predicted molar refractivity (Wildman–Crippen MR) is 72.7 cm³/mol. The molecular weight excluding hydrogens is 210 g/mol. The highest BCUT2D eigenvalue weighted by Crippen LogP contribution is 2.07. The van der Waals surface area contributed by atoms with Crippen LogP contribution in [0.3, 0.4) is 0 Å². The molecular formula is C14H23N3. The van der Waals surface area contributed by atoms with Crippen molar-refractivity contribution in [1.29, 1.82) is 0 Å². The molecule has 1 N–H and O–H groups in total. The van der Waals surface area contributed by atoms with E-state index in [1.165, 1.54) is 5.56 Å². The van der Waals surface area contributed by atoms with E-state index >= 15 is 0 Å². The molecule has 1 aromatic heterocycles. The maximum Gasteiger partial charge on any atom is 0.0544 e. The van der Waals surface area contributed by atoms with E-state index in [9.17, 15) is 0 Å². The Morgan fingerprint density at radius 1 is 1.47 bits per heavy atom. The van der Waals surface area contributed by atoms with Gasteiger partial charge in [-0.3, -0.25) is 9.88 Å². The van der Waals surface area contributed by atoms with Crippen molar-refractivity contribution in [2.45, 2.75) is 33.0 Å². The molecule has 3 heteroatoms. The molecule has 0 radical (unpaired) electrons. The SMILES string of the molecule is C=CCN(Cc1ccc(CNC)cn1)C(C)C. The number of hydrogen-bond donors (Lipinski definition) is 1. The number of pyridine rings is 1. The third-order valence-corrected chi connectivity index (χ3v) is 2.73. The fourth-order valence-electron chi connectivity index (χ4n) is 1.69. The van der Waals surface area contributed by atoms with Crippen molar-refractivity contribution in [2.24, 2.45) is 0 Å². The monoisotopic (exact) mass is 233 g/mol. The first-order valence-corrected chi connectivity index (χ1v) is 6.10. The topological polar surface area (TPSA) is 28.2 Å². The number of aromatic nitrogens is 1. The maximum atomic E-state index is 4.49. The smallest absolute Gasteiger partial charge is 0.0544 e. The molecule has 0 amide bonds. The van der Waals surface area contributed by atoms with Crippen LogP contribution in [0.4, 0.5) is 0 Å². The van der Waals surface area contributed by atoms with Gasteiger partial charge in [0.15, 0.2) is 0 Å². The summed E-state index contributed by atoms with van der Waals surface area (Å²) in [4.78, 5) is 6.83. The van der Waals surface area contributed by atoms with Gasteiger partial charge in [-0.1, -0.05) is 12.1 Å². The Hall–Kier alpha value is -1.19. The van der Waals surface area contributed by atoms with Crippen LogP contribution < -0.4 is 5.32 Å². The Morgan fingerprint density at radius 3 is 2.71 bits per heavy atom. The highest BCUT2D eigenvalue weighted by molar-refractivity contribution is 5.14. The van der Waals surface area contributed by atoms with Crippen molar-refractivity contribution in [1.82, 2.24) is 15.2 Å². The van der Waals surface area contributed by atoms with E-state index in [1.54, 1.807) is 0 Å². The molecule has 0 unspecified atom stereocenters. The third kappa shape index (κ3) is 4.67. The molecule has 0 saturated heterocycles. The summed E-state index contributed by atoms with van der Waals surface area (Å²) in [6, 6.07) is 4.74. The van der Waals surface area contributed by atoms with Gasteiger partial charge in [0, 0.05) is 31.9 Å². The molecule has 0 bridgehead atoms. The van der Waals surface area contributed by atoms with E-state index in [2.05, 4.69) is 47.8 Å². The minimum Gasteiger partial charge on any atom is -0.316 e. The van der Waals surface area contributed by atoms with E-state index in [-0.39, 0.29) is 0 Å². The van der Waals surface area contributed by atoms with Gasteiger partial charge >= 0.3 is 0 Å². The van der Waals surface area contributed by atoms with Crippen molar-refractivity contribution in [2.75, 3.05) is 13.6 Å². The zero-order valence-corrected chi connectivity index (χ0v) is 11.1. The normalized spacial score (nSPS) is 11.1. The zero-order valence-electron chi connectivity index (χ0n) is 11.1. The Labute approximate surface area is 105 Å². The Kier molecular flexibility index (Phi) is 5.87. The molecule has 0 fully saturated rings. The summed E-state index contributed by atoms with van der Waals surface area (Å²) in [7, 11) is 1.94. The van der Waals surface area contributed by atoms with Gasteiger partial charge in [0.25, 0.3) is 0 Å². The Morgan fingerprint density at radius 2 is 2.24 bits per heavy atom. The summed E-state index contributed by atoms with van der Waals surface area (Å²) in [5.41, 5.74) is 2.33. The number of hydrogen-bond acceptors (Lipinski definition) is 3. The first-order chi connectivity index (χ1) is 8.17. The van der Waals surface area contributed by atoms with Crippen molar-refractivity contribution < 1.29 is 0 Å². The fraction of sp³-hybridized carbons (Fsp3) is 0.500. The van der Waals surface area contributed by atoms with Gasteiger partial charge in [0.05, 0.1) is 5.69 Å². The first kappa shape index (κ1) is 13.9. The van der Waals surface area contributed by atoms with Crippen LogP contribution in [0.15, 0.2) is 31.0 Å². The zero-order chi connectivity index (χ0) is 12.7. The molecule has 0 atom stereocenters. The number of rotatable bonds is 7. The van der Waals surface area contributed by atoms with Crippen LogP contribution in [0.5, 0.6) is 0 Å². The second-order valence-electron chi connectivity index (χ2n) is 4.50. The lowest BCUT2D eigenvalue weighted by atomic mass is 10.2. The van der Waals surface area contributed by atoms with Gasteiger partial charge in [-0.05, 0) is 32.5 Å². The van der Waals surface area contributed by atoms with Crippen molar-refractivity contribution in [3.8, 4) is 0 Å². The summed E-state index contributed by atoms with van der Waals surface area (Å²) >= 11 is 0. The fourth-order valence-corrected chi connectivity index (χ4v) is 1.69. The van der Waals surface area contributed by atoms with Crippen molar-refractivity contribution in [3.63, 3.8) is 0 Å². The summed E-state index contributed by atoms with van der Waals surface area (Å²) in [5.74, 6) is 0. The van der Waals surface area contributed by atoms with Crippen molar-refractivity contribution in [3.05, 3.63) is 42.2 Å². The highest BCUT2D eigenvalue weighted by atomic mass is 15.1. The molecule has 0 saturated carbocycles. The third-order valence-electron chi connectivity index (χ3n) is 2.73. The maximum absolute atomic E-state index is 4.49. The van der Waals surface area contributed by atoms with Crippen LogP contribution in [0.25, 0.3) is 0 Å². The van der Waals surface area contributed by atoms with Crippen LogP contribution in [0.2, 0.25) is 0 Å². The molecule has 0 aliphatic carbocycles. The van der Waals surface area contributed by atoms with E-state index < -0.39 is 0 Å². The average Bonchev–Trinajstić information content (AvgIpc) is 2.31. The summed E-state index contributed by atoms with van der Waals surface area (Å²) in [6.07, 6.45) is 3.88. The summed E-state index contributed by atoms with van der Waals surface area (Å²) in [5, 5.41) is 3.12. The van der Waals surface area contributed by atoms with Gasteiger partial charge in [-0.2, -0.15) is 0 Å². The van der Waals surface area contributed by atoms with E-state index in [0.717, 1.165) is 25.3 Å². The molecule has 1 heterocycles. The van der Waals surface area contributed by atoms with Gasteiger partial charge in [0.1, 0.15) is 0 Å².